The van der Waals surface area contributed by atoms with Crippen LogP contribution in [0.15, 0.2) is 35.0 Å². The second kappa shape index (κ2) is 6.80. The highest BCUT2D eigenvalue weighted by atomic mass is 16.5. The van der Waals surface area contributed by atoms with E-state index in [0.717, 1.165) is 12.2 Å². The quantitative estimate of drug-likeness (QED) is 0.831. The van der Waals surface area contributed by atoms with Crippen molar-refractivity contribution >= 4 is 0 Å². The summed E-state index contributed by atoms with van der Waals surface area (Å²) in [6.45, 7) is 2.88. The first kappa shape index (κ1) is 13.4. The van der Waals surface area contributed by atoms with Crippen molar-refractivity contribution in [1.29, 1.82) is 0 Å². The number of hydrogen-bond donors (Lipinski definition) is 1. The van der Waals surface area contributed by atoms with Gasteiger partial charge in [0.1, 0.15) is 18.1 Å². The first-order valence-electron chi connectivity index (χ1n) is 6.22. The zero-order valence-electron chi connectivity index (χ0n) is 10.8. The summed E-state index contributed by atoms with van der Waals surface area (Å²) in [4.78, 5) is 0. The minimum atomic E-state index is -0.0835. The molecule has 5 nitrogen and oxygen atoms in total. The minimum absolute atomic E-state index is 0.0835. The Bertz CT molecular complexity index is 496. The lowest BCUT2D eigenvalue weighted by Gasteiger charge is -2.11. The van der Waals surface area contributed by atoms with E-state index in [1.165, 1.54) is 0 Å². The maximum atomic E-state index is 9.29. The molecule has 0 aliphatic heterocycles. The van der Waals surface area contributed by atoms with Crippen molar-refractivity contribution in [1.82, 2.24) is 5.16 Å². The molecule has 2 rings (SSSR count). The number of rotatable bonds is 7. The highest BCUT2D eigenvalue weighted by Crippen LogP contribution is 2.26. The van der Waals surface area contributed by atoms with Crippen LogP contribution in [0.25, 0.3) is 0 Å². The van der Waals surface area contributed by atoms with Gasteiger partial charge in [0.05, 0.1) is 19.4 Å². The van der Waals surface area contributed by atoms with Gasteiger partial charge in [-0.3, -0.25) is 0 Å². The van der Waals surface area contributed by atoms with E-state index in [-0.39, 0.29) is 13.2 Å². The molecular weight excluding hydrogens is 246 g/mol. The SMILES string of the molecule is CCCOc1ccc(CO)c(OCc2ccno2)c1. The van der Waals surface area contributed by atoms with E-state index in [2.05, 4.69) is 5.16 Å². The van der Waals surface area contributed by atoms with Crippen LogP contribution in [0.1, 0.15) is 24.7 Å². The van der Waals surface area contributed by atoms with Crippen molar-refractivity contribution in [2.24, 2.45) is 0 Å². The van der Waals surface area contributed by atoms with Crippen LogP contribution in [0.3, 0.4) is 0 Å². The standard InChI is InChI=1S/C14H17NO4/c1-2-7-17-12-4-3-11(9-16)14(8-12)18-10-13-5-6-15-19-13/h3-6,8,16H,2,7,9-10H2,1H3. The van der Waals surface area contributed by atoms with E-state index >= 15 is 0 Å². The summed E-state index contributed by atoms with van der Waals surface area (Å²) < 4.78 is 16.1. The van der Waals surface area contributed by atoms with E-state index in [1.807, 2.05) is 13.0 Å². The van der Waals surface area contributed by atoms with Crippen LogP contribution < -0.4 is 9.47 Å². The van der Waals surface area contributed by atoms with Crippen molar-refractivity contribution in [2.45, 2.75) is 26.6 Å². The number of benzene rings is 1. The Balaban J connectivity index is 2.07. The molecule has 1 N–H and O–H groups in total. The van der Waals surface area contributed by atoms with Crippen LogP contribution in [0.4, 0.5) is 0 Å². The third kappa shape index (κ3) is 3.72. The normalized spacial score (nSPS) is 10.4. The average molecular weight is 263 g/mol. The summed E-state index contributed by atoms with van der Waals surface area (Å²) in [5.41, 5.74) is 0.711. The Labute approximate surface area is 111 Å². The van der Waals surface area contributed by atoms with Crippen LogP contribution in [-0.4, -0.2) is 16.9 Å². The summed E-state index contributed by atoms with van der Waals surface area (Å²) in [5.74, 6) is 1.95. The summed E-state index contributed by atoms with van der Waals surface area (Å²) in [6, 6.07) is 7.12. The molecule has 0 unspecified atom stereocenters. The highest BCUT2D eigenvalue weighted by Gasteiger charge is 2.07. The summed E-state index contributed by atoms with van der Waals surface area (Å²) in [6.07, 6.45) is 2.50. The van der Waals surface area contributed by atoms with Gasteiger partial charge in [-0.05, 0) is 18.6 Å². The predicted molar refractivity (Wildman–Crippen MR) is 69.0 cm³/mol. The fraction of sp³-hybridized carbons (Fsp3) is 0.357. The smallest absolute Gasteiger partial charge is 0.174 e. The topological polar surface area (TPSA) is 64.7 Å². The number of hydrogen-bond acceptors (Lipinski definition) is 5. The van der Waals surface area contributed by atoms with Gasteiger partial charge in [0.15, 0.2) is 5.76 Å². The Morgan fingerprint density at radius 3 is 2.84 bits per heavy atom. The molecule has 1 aromatic heterocycles. The molecule has 1 aromatic carbocycles. The molecule has 0 saturated heterocycles. The van der Waals surface area contributed by atoms with Crippen molar-refractivity contribution < 1.29 is 19.1 Å². The van der Waals surface area contributed by atoms with E-state index in [9.17, 15) is 5.11 Å². The molecule has 0 radical (unpaired) electrons. The van der Waals surface area contributed by atoms with Gasteiger partial charge in [-0.15, -0.1) is 0 Å². The maximum Gasteiger partial charge on any atom is 0.174 e. The molecule has 0 fully saturated rings. The third-order valence-electron chi connectivity index (χ3n) is 2.54. The first-order chi connectivity index (χ1) is 9.33. The van der Waals surface area contributed by atoms with Gasteiger partial charge >= 0.3 is 0 Å². The van der Waals surface area contributed by atoms with Crippen molar-refractivity contribution in [3.8, 4) is 11.5 Å². The Morgan fingerprint density at radius 2 is 2.16 bits per heavy atom. The average Bonchev–Trinajstić information content (AvgIpc) is 2.96. The largest absolute Gasteiger partial charge is 0.493 e. The Hall–Kier alpha value is -2.01. The van der Waals surface area contributed by atoms with E-state index in [4.69, 9.17) is 14.0 Å². The molecule has 102 valence electrons. The minimum Gasteiger partial charge on any atom is -0.493 e. The molecule has 0 saturated carbocycles. The van der Waals surface area contributed by atoms with Crippen molar-refractivity contribution in [2.75, 3.05) is 6.61 Å². The predicted octanol–water partition coefficient (Wildman–Crippen LogP) is 2.53. The maximum absolute atomic E-state index is 9.29. The monoisotopic (exact) mass is 263 g/mol. The summed E-state index contributed by atoms with van der Waals surface area (Å²) in [7, 11) is 0. The van der Waals surface area contributed by atoms with E-state index < -0.39 is 0 Å². The van der Waals surface area contributed by atoms with Gasteiger partial charge in [-0.2, -0.15) is 0 Å². The van der Waals surface area contributed by atoms with Crippen LogP contribution in [0, 0.1) is 0 Å². The number of nitrogens with zero attached hydrogens (tertiary/aromatic N) is 1. The van der Waals surface area contributed by atoms with Crippen LogP contribution in [-0.2, 0) is 13.2 Å². The molecule has 2 aromatic rings. The molecular formula is C14H17NO4. The van der Waals surface area contributed by atoms with Gasteiger partial charge in [-0.25, -0.2) is 0 Å². The lowest BCUT2D eigenvalue weighted by atomic mass is 10.2. The van der Waals surface area contributed by atoms with Crippen LogP contribution in [0.5, 0.6) is 11.5 Å². The fourth-order valence-electron chi connectivity index (χ4n) is 1.58. The molecule has 0 aliphatic rings. The molecule has 0 atom stereocenters. The summed E-state index contributed by atoms with van der Waals surface area (Å²) >= 11 is 0. The zero-order valence-corrected chi connectivity index (χ0v) is 10.8. The van der Waals surface area contributed by atoms with Gasteiger partial charge in [0.2, 0.25) is 0 Å². The van der Waals surface area contributed by atoms with E-state index in [0.29, 0.717) is 23.7 Å². The molecule has 5 heteroatoms. The Morgan fingerprint density at radius 1 is 1.26 bits per heavy atom. The third-order valence-corrected chi connectivity index (χ3v) is 2.54. The van der Waals surface area contributed by atoms with Crippen LogP contribution in [0.2, 0.25) is 0 Å². The van der Waals surface area contributed by atoms with Gasteiger partial charge < -0.3 is 19.1 Å². The van der Waals surface area contributed by atoms with Crippen molar-refractivity contribution in [3.63, 3.8) is 0 Å². The zero-order chi connectivity index (χ0) is 13.5. The second-order valence-corrected chi connectivity index (χ2v) is 4.04. The van der Waals surface area contributed by atoms with Gasteiger partial charge in [-0.1, -0.05) is 12.1 Å². The molecule has 19 heavy (non-hydrogen) atoms. The second-order valence-electron chi connectivity index (χ2n) is 4.04. The fourth-order valence-corrected chi connectivity index (χ4v) is 1.58. The molecule has 0 bridgehead atoms. The molecule has 1 heterocycles. The number of aliphatic hydroxyl groups is 1. The van der Waals surface area contributed by atoms with Crippen LogP contribution >= 0.6 is 0 Å². The highest BCUT2D eigenvalue weighted by molar-refractivity contribution is 5.40. The van der Waals surface area contributed by atoms with Crippen molar-refractivity contribution in [3.05, 3.63) is 41.8 Å². The lowest BCUT2D eigenvalue weighted by Crippen LogP contribution is -2.00. The molecule has 0 aliphatic carbocycles. The first-order valence-corrected chi connectivity index (χ1v) is 6.22. The van der Waals surface area contributed by atoms with Gasteiger partial charge in [0, 0.05) is 17.7 Å². The number of aromatic nitrogens is 1. The lowest BCUT2D eigenvalue weighted by molar-refractivity contribution is 0.231. The number of aliphatic hydroxyl groups excluding tert-OH is 1. The number of ether oxygens (including phenoxy) is 2. The summed E-state index contributed by atoms with van der Waals surface area (Å²) in [5, 5.41) is 12.9. The van der Waals surface area contributed by atoms with E-state index in [1.54, 1.807) is 24.4 Å². The molecule has 0 spiro atoms. The molecule has 0 amide bonds. The Kier molecular flexibility index (Phi) is 4.80. The van der Waals surface area contributed by atoms with Gasteiger partial charge in [0.25, 0.3) is 0 Å².